The average molecular weight is 262 g/mol. The maximum Gasteiger partial charge on any atom is 0.435 e. The fraction of sp³-hybridized carbons (Fsp3) is 0.600. The van der Waals surface area contributed by atoms with E-state index in [1.165, 1.54) is 10.9 Å². The number of nitrogens with two attached hydrogens (primary N) is 2. The molecule has 5 nitrogen and oxygen atoms in total. The largest absolute Gasteiger partial charge is 0.435 e. The van der Waals surface area contributed by atoms with Gasteiger partial charge in [0.15, 0.2) is 5.69 Å². The number of hydrogen-bond acceptors (Lipinski definition) is 3. The van der Waals surface area contributed by atoms with Crippen LogP contribution in [0.1, 0.15) is 31.0 Å². The van der Waals surface area contributed by atoms with Gasteiger partial charge in [-0.15, -0.1) is 0 Å². The Labute approximate surface area is 101 Å². The monoisotopic (exact) mass is 262 g/mol. The van der Waals surface area contributed by atoms with Crippen molar-refractivity contribution >= 4 is 5.91 Å². The van der Waals surface area contributed by atoms with Gasteiger partial charge in [0.25, 0.3) is 0 Å². The molecular formula is C10H13F3N4O. The third-order valence-corrected chi connectivity index (χ3v) is 3.29. The van der Waals surface area contributed by atoms with E-state index in [0.29, 0.717) is 12.8 Å². The van der Waals surface area contributed by atoms with Crippen molar-refractivity contribution in [1.82, 2.24) is 9.78 Å². The van der Waals surface area contributed by atoms with Gasteiger partial charge in [-0.05, 0) is 25.3 Å². The SMILES string of the molecule is NC(=O)C1(N)CCC(n2ccc(C(F)(F)F)n2)C1. The van der Waals surface area contributed by atoms with E-state index < -0.39 is 23.3 Å². The van der Waals surface area contributed by atoms with E-state index in [0.717, 1.165) is 6.07 Å². The molecule has 1 saturated carbocycles. The molecule has 0 spiro atoms. The number of rotatable bonds is 2. The molecule has 1 aliphatic rings. The smallest absolute Gasteiger partial charge is 0.368 e. The quantitative estimate of drug-likeness (QED) is 0.826. The summed E-state index contributed by atoms with van der Waals surface area (Å²) in [7, 11) is 0. The van der Waals surface area contributed by atoms with Crippen molar-refractivity contribution in [2.75, 3.05) is 0 Å². The summed E-state index contributed by atoms with van der Waals surface area (Å²) in [6, 6.07) is 0.583. The van der Waals surface area contributed by atoms with Crippen molar-refractivity contribution < 1.29 is 18.0 Å². The molecule has 0 bridgehead atoms. The second kappa shape index (κ2) is 3.98. The first-order chi connectivity index (χ1) is 8.22. The van der Waals surface area contributed by atoms with Gasteiger partial charge >= 0.3 is 6.18 Å². The molecule has 1 heterocycles. The van der Waals surface area contributed by atoms with E-state index in [4.69, 9.17) is 11.5 Å². The van der Waals surface area contributed by atoms with Crippen LogP contribution in [0.3, 0.4) is 0 Å². The highest BCUT2D eigenvalue weighted by atomic mass is 19.4. The first kappa shape index (κ1) is 12.9. The Balaban J connectivity index is 2.15. The lowest BCUT2D eigenvalue weighted by Gasteiger charge is -2.19. The van der Waals surface area contributed by atoms with E-state index >= 15 is 0 Å². The van der Waals surface area contributed by atoms with Gasteiger partial charge in [0.05, 0.1) is 11.6 Å². The maximum atomic E-state index is 12.4. The zero-order valence-electron chi connectivity index (χ0n) is 9.44. The molecule has 0 aliphatic heterocycles. The molecule has 100 valence electrons. The van der Waals surface area contributed by atoms with E-state index in [1.54, 1.807) is 0 Å². The molecule has 1 aromatic heterocycles. The summed E-state index contributed by atoms with van der Waals surface area (Å²) in [5, 5.41) is 3.47. The van der Waals surface area contributed by atoms with Gasteiger partial charge in [0.1, 0.15) is 0 Å². The first-order valence-electron chi connectivity index (χ1n) is 5.43. The van der Waals surface area contributed by atoms with Crippen LogP contribution in [-0.4, -0.2) is 21.2 Å². The highest BCUT2D eigenvalue weighted by Crippen LogP contribution is 2.36. The molecule has 0 aromatic carbocycles. The fourth-order valence-corrected chi connectivity index (χ4v) is 2.19. The molecule has 2 unspecified atom stereocenters. The average Bonchev–Trinajstić information content (AvgIpc) is 2.82. The molecule has 0 saturated heterocycles. The zero-order chi connectivity index (χ0) is 13.6. The Morgan fingerprint density at radius 1 is 1.56 bits per heavy atom. The highest BCUT2D eigenvalue weighted by molar-refractivity contribution is 5.84. The summed E-state index contributed by atoms with van der Waals surface area (Å²) in [5.41, 5.74) is 8.87. The second-order valence-corrected chi connectivity index (χ2v) is 4.60. The normalized spacial score (nSPS) is 28.6. The Kier molecular flexibility index (Phi) is 2.84. The number of amides is 1. The van der Waals surface area contributed by atoms with Crippen LogP contribution in [0.2, 0.25) is 0 Å². The summed E-state index contributed by atoms with van der Waals surface area (Å²) >= 11 is 0. The number of carbonyl (C=O) groups excluding carboxylic acids is 1. The van der Waals surface area contributed by atoms with Crippen molar-refractivity contribution in [3.05, 3.63) is 18.0 Å². The van der Waals surface area contributed by atoms with E-state index in [-0.39, 0.29) is 12.5 Å². The van der Waals surface area contributed by atoms with E-state index in [2.05, 4.69) is 5.10 Å². The van der Waals surface area contributed by atoms with E-state index in [1.807, 2.05) is 0 Å². The van der Waals surface area contributed by atoms with Gasteiger partial charge < -0.3 is 11.5 Å². The Bertz CT molecular complexity index is 470. The Morgan fingerprint density at radius 3 is 2.67 bits per heavy atom. The van der Waals surface area contributed by atoms with Gasteiger partial charge in [0.2, 0.25) is 5.91 Å². The molecule has 18 heavy (non-hydrogen) atoms. The molecular weight excluding hydrogens is 249 g/mol. The van der Waals surface area contributed by atoms with Crippen LogP contribution >= 0.6 is 0 Å². The van der Waals surface area contributed by atoms with Crippen molar-refractivity contribution in [1.29, 1.82) is 0 Å². The molecule has 2 atom stereocenters. The lowest BCUT2D eigenvalue weighted by Crippen LogP contribution is -2.49. The van der Waals surface area contributed by atoms with Gasteiger partial charge in [-0.25, -0.2) is 0 Å². The predicted molar refractivity (Wildman–Crippen MR) is 56.2 cm³/mol. The molecule has 4 N–H and O–H groups in total. The van der Waals surface area contributed by atoms with Crippen LogP contribution in [-0.2, 0) is 11.0 Å². The second-order valence-electron chi connectivity index (χ2n) is 4.60. The van der Waals surface area contributed by atoms with Gasteiger partial charge in [-0.3, -0.25) is 9.48 Å². The lowest BCUT2D eigenvalue weighted by atomic mass is 9.98. The number of aromatic nitrogens is 2. The summed E-state index contributed by atoms with van der Waals surface area (Å²) < 4.78 is 38.4. The summed E-state index contributed by atoms with van der Waals surface area (Å²) in [5.74, 6) is -0.631. The number of carbonyl (C=O) groups is 1. The molecule has 2 rings (SSSR count). The number of hydrogen-bond donors (Lipinski definition) is 2. The molecule has 1 aromatic rings. The highest BCUT2D eigenvalue weighted by Gasteiger charge is 2.42. The number of alkyl halides is 3. The molecule has 1 fully saturated rings. The van der Waals surface area contributed by atoms with E-state index in [9.17, 15) is 18.0 Å². The third kappa shape index (κ3) is 2.20. The first-order valence-corrected chi connectivity index (χ1v) is 5.43. The molecule has 1 amide bonds. The van der Waals surface area contributed by atoms with Crippen LogP contribution < -0.4 is 11.5 Å². The molecule has 8 heteroatoms. The van der Waals surface area contributed by atoms with Crippen molar-refractivity contribution in [3.63, 3.8) is 0 Å². The van der Waals surface area contributed by atoms with Crippen LogP contribution in [0, 0.1) is 0 Å². The summed E-state index contributed by atoms with van der Waals surface area (Å²) in [4.78, 5) is 11.2. The van der Waals surface area contributed by atoms with Crippen LogP contribution in [0.25, 0.3) is 0 Å². The van der Waals surface area contributed by atoms with Crippen LogP contribution in [0.4, 0.5) is 13.2 Å². The fourth-order valence-electron chi connectivity index (χ4n) is 2.19. The third-order valence-electron chi connectivity index (χ3n) is 3.29. The van der Waals surface area contributed by atoms with Crippen molar-refractivity contribution in [2.24, 2.45) is 11.5 Å². The van der Waals surface area contributed by atoms with Gasteiger partial charge in [-0.1, -0.05) is 0 Å². The Morgan fingerprint density at radius 2 is 2.22 bits per heavy atom. The zero-order valence-corrected chi connectivity index (χ0v) is 9.44. The van der Waals surface area contributed by atoms with Crippen LogP contribution in [0.15, 0.2) is 12.3 Å². The van der Waals surface area contributed by atoms with Gasteiger partial charge in [0, 0.05) is 6.20 Å². The minimum atomic E-state index is -4.46. The summed E-state index contributed by atoms with van der Waals surface area (Å²) in [6.45, 7) is 0. The number of primary amides is 1. The molecule has 0 radical (unpaired) electrons. The van der Waals surface area contributed by atoms with Gasteiger partial charge in [-0.2, -0.15) is 18.3 Å². The van der Waals surface area contributed by atoms with Crippen molar-refractivity contribution in [2.45, 2.75) is 37.0 Å². The predicted octanol–water partition coefficient (Wildman–Crippen LogP) is 0.810. The number of nitrogens with zero attached hydrogens (tertiary/aromatic N) is 2. The molecule has 1 aliphatic carbocycles. The lowest BCUT2D eigenvalue weighted by molar-refractivity contribution is -0.141. The standard InChI is InChI=1S/C10H13F3N4O/c11-10(12,13)7-2-4-17(16-7)6-1-3-9(15,5-6)8(14)18/h2,4,6H,1,3,5,15H2,(H2,14,18). The van der Waals surface area contributed by atoms with Crippen molar-refractivity contribution in [3.8, 4) is 0 Å². The minimum absolute atomic E-state index is 0.210. The summed E-state index contributed by atoms with van der Waals surface area (Å²) in [6.07, 6.45) is -2.17. The minimum Gasteiger partial charge on any atom is -0.368 e. The van der Waals surface area contributed by atoms with Crippen LogP contribution in [0.5, 0.6) is 0 Å². The Hall–Kier alpha value is -1.57. The topological polar surface area (TPSA) is 86.9 Å². The maximum absolute atomic E-state index is 12.4. The number of halogens is 3.